The molecule has 0 spiro atoms. The number of halogens is 1. The third-order valence-electron chi connectivity index (χ3n) is 6.71. The number of amidine groups is 1. The number of hydrogen-bond acceptors (Lipinski definition) is 6. The van der Waals surface area contributed by atoms with E-state index in [0.29, 0.717) is 21.5 Å². The van der Waals surface area contributed by atoms with Gasteiger partial charge < -0.3 is 9.64 Å². The predicted molar refractivity (Wildman–Crippen MR) is 158 cm³/mol. The van der Waals surface area contributed by atoms with Gasteiger partial charge in [-0.1, -0.05) is 35.9 Å². The third kappa shape index (κ3) is 5.49. The molecule has 0 aliphatic carbocycles. The quantitative estimate of drug-likeness (QED) is 0.299. The Bertz CT molecular complexity index is 1400. The molecule has 8 heteroatoms. The minimum Gasteiger partial charge on any atom is -0.497 e. The van der Waals surface area contributed by atoms with Crippen molar-refractivity contribution < 1.29 is 9.53 Å². The number of benzene rings is 3. The molecule has 0 saturated carbocycles. The lowest BCUT2D eigenvalue weighted by atomic mass is 9.98. The van der Waals surface area contributed by atoms with Gasteiger partial charge in [0, 0.05) is 30.2 Å². The molecule has 3 aromatic rings. The van der Waals surface area contributed by atoms with Gasteiger partial charge in [0.1, 0.15) is 5.75 Å². The van der Waals surface area contributed by atoms with Crippen molar-refractivity contribution in [2.24, 2.45) is 10.1 Å². The topological polar surface area (TPSA) is 57.5 Å². The van der Waals surface area contributed by atoms with Gasteiger partial charge in [-0.2, -0.15) is 10.1 Å². The number of thioether (sulfide) groups is 1. The maximum absolute atomic E-state index is 12.9. The molecule has 6 nitrogen and oxygen atoms in total. The fourth-order valence-electron chi connectivity index (χ4n) is 4.61. The first-order valence-corrected chi connectivity index (χ1v) is 13.8. The van der Waals surface area contributed by atoms with Crippen LogP contribution in [0.2, 0.25) is 5.02 Å². The first-order valence-electron chi connectivity index (χ1n) is 12.6. The molecule has 2 aliphatic heterocycles. The molecule has 3 aromatic carbocycles. The number of anilines is 1. The maximum atomic E-state index is 12.9. The van der Waals surface area contributed by atoms with Gasteiger partial charge >= 0.3 is 0 Å². The van der Waals surface area contributed by atoms with Crippen LogP contribution in [0.1, 0.15) is 43.0 Å². The van der Waals surface area contributed by atoms with Crippen molar-refractivity contribution in [1.29, 1.82) is 0 Å². The van der Waals surface area contributed by atoms with E-state index in [-0.39, 0.29) is 11.9 Å². The highest BCUT2D eigenvalue weighted by atomic mass is 35.5. The zero-order valence-corrected chi connectivity index (χ0v) is 23.2. The molecule has 0 N–H and O–H groups in total. The number of hydrazone groups is 1. The van der Waals surface area contributed by atoms with Crippen LogP contribution in [0.25, 0.3) is 6.08 Å². The summed E-state index contributed by atoms with van der Waals surface area (Å²) in [6.07, 6.45) is 2.57. The lowest BCUT2D eigenvalue weighted by molar-refractivity contribution is -0.113. The van der Waals surface area contributed by atoms with Crippen molar-refractivity contribution in [2.75, 3.05) is 25.1 Å². The number of ether oxygens (including phenoxy) is 1. The Labute approximate surface area is 232 Å². The number of hydrogen-bond donors (Lipinski definition) is 0. The largest absolute Gasteiger partial charge is 0.497 e. The number of amides is 1. The third-order valence-corrected chi connectivity index (χ3v) is 7.94. The molecule has 38 heavy (non-hydrogen) atoms. The summed E-state index contributed by atoms with van der Waals surface area (Å²) in [6.45, 7) is 6.19. The molecule has 2 heterocycles. The van der Waals surface area contributed by atoms with Gasteiger partial charge in [0.05, 0.1) is 23.8 Å². The highest BCUT2D eigenvalue weighted by Gasteiger charge is 2.36. The number of aliphatic imine (C=N–C) groups is 1. The minimum absolute atomic E-state index is 0.101. The van der Waals surface area contributed by atoms with Crippen LogP contribution in [-0.4, -0.2) is 42.0 Å². The van der Waals surface area contributed by atoms with Gasteiger partial charge in [0.25, 0.3) is 5.91 Å². The van der Waals surface area contributed by atoms with E-state index >= 15 is 0 Å². The highest BCUT2D eigenvalue weighted by molar-refractivity contribution is 8.18. The molecule has 0 bridgehead atoms. The monoisotopic (exact) mass is 544 g/mol. The summed E-state index contributed by atoms with van der Waals surface area (Å²) in [7, 11) is 1.65. The number of methoxy groups -OCH3 is 1. The summed E-state index contributed by atoms with van der Waals surface area (Å²) in [6, 6.07) is 23.8. The smallest absolute Gasteiger partial charge is 0.286 e. The van der Waals surface area contributed by atoms with Gasteiger partial charge in [-0.25, -0.2) is 5.01 Å². The van der Waals surface area contributed by atoms with Gasteiger partial charge in [-0.3, -0.25) is 4.79 Å². The van der Waals surface area contributed by atoms with Crippen LogP contribution in [0.15, 0.2) is 87.8 Å². The van der Waals surface area contributed by atoms with Crippen LogP contribution in [0, 0.1) is 0 Å². The van der Waals surface area contributed by atoms with Crippen molar-refractivity contribution in [3.05, 3.63) is 99.4 Å². The molecule has 2 aliphatic rings. The molecule has 5 rings (SSSR count). The second-order valence-corrected chi connectivity index (χ2v) is 10.4. The van der Waals surface area contributed by atoms with Gasteiger partial charge in [-0.05, 0) is 96.9 Å². The Hall–Kier alpha value is -3.55. The van der Waals surface area contributed by atoms with Crippen molar-refractivity contribution in [3.63, 3.8) is 0 Å². The molecule has 1 unspecified atom stereocenters. The fourth-order valence-corrected chi connectivity index (χ4v) is 5.65. The number of rotatable bonds is 7. The molecule has 194 valence electrons. The maximum Gasteiger partial charge on any atom is 0.286 e. The molecule has 1 amide bonds. The standard InChI is InChI=1S/C30H29ClN4O2S/c1-4-34(5-2)24-14-6-20(7-15-24)18-28-29(36)32-30(38-28)35-27(22-8-12-23(31)13-9-22)19-26(33-35)21-10-16-25(37-3)17-11-21/h6-18,27H,4-5,19H2,1-3H3/b28-18-. The van der Waals surface area contributed by atoms with E-state index < -0.39 is 0 Å². The van der Waals surface area contributed by atoms with Crippen LogP contribution in [-0.2, 0) is 4.79 Å². The number of carbonyl (C=O) groups excluding carboxylic acids is 1. The van der Waals surface area contributed by atoms with Crippen molar-refractivity contribution in [2.45, 2.75) is 26.3 Å². The lowest BCUT2D eigenvalue weighted by Crippen LogP contribution is -2.23. The summed E-state index contributed by atoms with van der Waals surface area (Å²) in [4.78, 5) is 20.2. The molecular formula is C30H29ClN4O2S. The summed E-state index contributed by atoms with van der Waals surface area (Å²) < 4.78 is 5.31. The summed E-state index contributed by atoms with van der Waals surface area (Å²) in [5.74, 6) is 0.542. The zero-order valence-electron chi connectivity index (χ0n) is 21.6. The van der Waals surface area contributed by atoms with E-state index in [1.54, 1.807) is 7.11 Å². The lowest BCUT2D eigenvalue weighted by Gasteiger charge is -2.22. The first-order chi connectivity index (χ1) is 18.5. The summed E-state index contributed by atoms with van der Waals surface area (Å²) in [5.41, 5.74) is 5.12. The average molecular weight is 545 g/mol. The fraction of sp³-hybridized carbons (Fsp3) is 0.233. The molecule has 0 fully saturated rings. The van der Waals surface area contributed by atoms with E-state index in [1.165, 1.54) is 17.4 Å². The van der Waals surface area contributed by atoms with Crippen LogP contribution in [0.4, 0.5) is 5.69 Å². The first kappa shape index (κ1) is 26.1. The average Bonchev–Trinajstić information content (AvgIpc) is 3.55. The van der Waals surface area contributed by atoms with Crippen LogP contribution in [0.3, 0.4) is 0 Å². The van der Waals surface area contributed by atoms with Crippen LogP contribution >= 0.6 is 23.4 Å². The number of nitrogens with zero attached hydrogens (tertiary/aromatic N) is 4. The minimum atomic E-state index is -0.249. The molecule has 0 radical (unpaired) electrons. The Balaban J connectivity index is 1.42. The molecular weight excluding hydrogens is 516 g/mol. The Morgan fingerprint density at radius 2 is 1.71 bits per heavy atom. The summed E-state index contributed by atoms with van der Waals surface area (Å²) in [5, 5.41) is 8.06. The Kier molecular flexibility index (Phi) is 7.86. The van der Waals surface area contributed by atoms with Crippen LogP contribution < -0.4 is 9.64 Å². The van der Waals surface area contributed by atoms with Crippen molar-refractivity contribution in [1.82, 2.24) is 5.01 Å². The van der Waals surface area contributed by atoms with E-state index in [2.05, 4.69) is 35.9 Å². The normalized spacial score (nSPS) is 18.1. The van der Waals surface area contributed by atoms with Gasteiger partial charge in [0.15, 0.2) is 5.17 Å². The molecule has 0 aromatic heterocycles. The summed E-state index contributed by atoms with van der Waals surface area (Å²) >= 11 is 7.52. The number of carbonyl (C=O) groups is 1. The Morgan fingerprint density at radius 3 is 2.34 bits per heavy atom. The molecule has 1 atom stereocenters. The van der Waals surface area contributed by atoms with E-state index in [4.69, 9.17) is 21.4 Å². The van der Waals surface area contributed by atoms with E-state index in [1.807, 2.05) is 71.7 Å². The second-order valence-electron chi connectivity index (χ2n) is 8.97. The Morgan fingerprint density at radius 1 is 1.03 bits per heavy atom. The molecule has 0 saturated heterocycles. The zero-order chi connectivity index (χ0) is 26.6. The highest BCUT2D eigenvalue weighted by Crippen LogP contribution is 2.40. The predicted octanol–water partition coefficient (Wildman–Crippen LogP) is 7.02. The van der Waals surface area contributed by atoms with Crippen LogP contribution in [0.5, 0.6) is 5.75 Å². The van der Waals surface area contributed by atoms with Crippen molar-refractivity contribution >= 4 is 51.9 Å². The van der Waals surface area contributed by atoms with Crippen molar-refractivity contribution in [3.8, 4) is 5.75 Å². The van der Waals surface area contributed by atoms with E-state index in [0.717, 1.165) is 41.2 Å². The SMILES string of the molecule is CCN(CC)c1ccc(/C=C2\SC(N3N=C(c4ccc(OC)cc4)CC3c3ccc(Cl)cc3)=NC2=O)cc1. The van der Waals surface area contributed by atoms with E-state index in [9.17, 15) is 4.79 Å². The van der Waals surface area contributed by atoms with Gasteiger partial charge in [0.2, 0.25) is 0 Å². The second kappa shape index (κ2) is 11.5. The van der Waals surface area contributed by atoms with Gasteiger partial charge in [-0.15, -0.1) is 0 Å².